The first-order valence-electron chi connectivity index (χ1n) is 11.8. The maximum absolute atomic E-state index is 13.7. The predicted octanol–water partition coefficient (Wildman–Crippen LogP) is 4.46. The molecule has 1 N–H and O–H groups in total. The van der Waals surface area contributed by atoms with Crippen LogP contribution in [0.15, 0.2) is 0 Å². The molecular formula is C25H36O5. The molecule has 0 saturated heterocycles. The van der Waals surface area contributed by atoms with Gasteiger partial charge in [-0.05, 0) is 48.3 Å². The molecule has 5 nitrogen and oxygen atoms in total. The van der Waals surface area contributed by atoms with E-state index >= 15 is 0 Å². The molecule has 4 aliphatic carbocycles. The Morgan fingerprint density at radius 1 is 1.13 bits per heavy atom. The van der Waals surface area contributed by atoms with E-state index in [2.05, 4.69) is 20.8 Å². The SMILES string of the molecule is CCC[C@@H](C)[C@H]1CC[C@H]2[C@@H]3C(=O)CC4(C(=O)O)CC(=O)CC[C@]4(C)[C@H]3CC(=O)[C@]12C. The minimum Gasteiger partial charge on any atom is -0.481 e. The van der Waals surface area contributed by atoms with Crippen LogP contribution in [-0.4, -0.2) is 28.4 Å². The number of carbonyl (C=O) groups excluding carboxylic acids is 3. The average molecular weight is 417 g/mol. The number of hydrogen-bond acceptors (Lipinski definition) is 4. The fourth-order valence-electron chi connectivity index (χ4n) is 8.51. The van der Waals surface area contributed by atoms with E-state index in [1.165, 1.54) is 0 Å². The highest BCUT2D eigenvalue weighted by Gasteiger charge is 2.71. The molecule has 8 atom stereocenters. The monoisotopic (exact) mass is 416 g/mol. The number of aliphatic carboxylic acids is 1. The molecule has 0 radical (unpaired) electrons. The molecular weight excluding hydrogens is 380 g/mol. The van der Waals surface area contributed by atoms with Crippen molar-refractivity contribution in [3.63, 3.8) is 0 Å². The zero-order valence-corrected chi connectivity index (χ0v) is 18.8. The summed E-state index contributed by atoms with van der Waals surface area (Å²) < 4.78 is 0. The smallest absolute Gasteiger partial charge is 0.311 e. The van der Waals surface area contributed by atoms with Gasteiger partial charge in [-0.3, -0.25) is 19.2 Å². The van der Waals surface area contributed by atoms with Gasteiger partial charge in [0.2, 0.25) is 0 Å². The molecule has 0 bridgehead atoms. The number of ketones is 3. The third-order valence-electron chi connectivity index (χ3n) is 10.2. The van der Waals surface area contributed by atoms with Crippen LogP contribution in [0.1, 0.15) is 85.5 Å². The van der Waals surface area contributed by atoms with Gasteiger partial charge in [0, 0.05) is 37.0 Å². The maximum atomic E-state index is 13.7. The summed E-state index contributed by atoms with van der Waals surface area (Å²) in [5.41, 5.74) is -2.51. The van der Waals surface area contributed by atoms with Gasteiger partial charge in [-0.15, -0.1) is 0 Å². The van der Waals surface area contributed by atoms with Gasteiger partial charge in [0.05, 0.1) is 5.41 Å². The summed E-state index contributed by atoms with van der Waals surface area (Å²) >= 11 is 0. The van der Waals surface area contributed by atoms with Crippen LogP contribution < -0.4 is 0 Å². The molecule has 0 spiro atoms. The molecule has 5 heteroatoms. The normalized spacial score (nSPS) is 46.7. The molecule has 0 amide bonds. The van der Waals surface area contributed by atoms with Crippen LogP contribution in [0.2, 0.25) is 0 Å². The summed E-state index contributed by atoms with van der Waals surface area (Å²) in [6, 6.07) is 0. The molecule has 0 aromatic heterocycles. The molecule has 1 unspecified atom stereocenters. The number of carbonyl (C=O) groups is 4. The summed E-state index contributed by atoms with van der Waals surface area (Å²) in [7, 11) is 0. The lowest BCUT2D eigenvalue weighted by atomic mass is 9.39. The molecule has 4 fully saturated rings. The standard InChI is InChI=1S/C25H36O5/c1-5-6-14(2)16-7-8-17-21-18(11-20(28)24(16,17)4)23(3)10-9-15(26)12-25(23,22(29)30)13-19(21)27/h14,16-18,21H,5-13H2,1-4H3,(H,29,30)/t14-,16-,17+,18+,21+,23-,24-,25?/m1/s1. The molecule has 0 aliphatic heterocycles. The van der Waals surface area contributed by atoms with Gasteiger partial charge in [-0.2, -0.15) is 0 Å². The molecule has 0 aromatic rings. The van der Waals surface area contributed by atoms with Crippen molar-refractivity contribution in [3.8, 4) is 0 Å². The number of Topliss-reactive ketones (excluding diaryl/α,β-unsaturated/α-hetero) is 3. The van der Waals surface area contributed by atoms with E-state index in [1.807, 2.05) is 6.92 Å². The number of hydrogen-bond donors (Lipinski definition) is 1. The molecule has 166 valence electrons. The highest BCUT2D eigenvalue weighted by molar-refractivity contribution is 5.98. The Kier molecular flexibility index (Phi) is 5.06. The van der Waals surface area contributed by atoms with Crippen LogP contribution in [0.4, 0.5) is 0 Å². The zero-order chi connectivity index (χ0) is 22.1. The van der Waals surface area contributed by atoms with Gasteiger partial charge in [-0.25, -0.2) is 0 Å². The second kappa shape index (κ2) is 7.00. The minimum atomic E-state index is -1.35. The van der Waals surface area contributed by atoms with E-state index in [0.717, 1.165) is 25.7 Å². The van der Waals surface area contributed by atoms with Crippen molar-refractivity contribution in [1.29, 1.82) is 0 Å². The van der Waals surface area contributed by atoms with Crippen LogP contribution in [0, 0.1) is 45.8 Å². The van der Waals surface area contributed by atoms with Gasteiger partial charge < -0.3 is 5.11 Å². The van der Waals surface area contributed by atoms with Crippen molar-refractivity contribution < 1.29 is 24.3 Å². The van der Waals surface area contributed by atoms with Crippen LogP contribution >= 0.6 is 0 Å². The molecule has 4 aliphatic rings. The minimum absolute atomic E-state index is 0.0119. The molecule has 30 heavy (non-hydrogen) atoms. The highest BCUT2D eigenvalue weighted by atomic mass is 16.4. The van der Waals surface area contributed by atoms with Gasteiger partial charge in [0.1, 0.15) is 17.3 Å². The highest BCUT2D eigenvalue weighted by Crippen LogP contribution is 2.69. The number of carboxylic acid groups (broad SMARTS) is 1. The second-order valence-electron chi connectivity index (χ2n) is 11.3. The van der Waals surface area contributed by atoms with Crippen LogP contribution in [0.3, 0.4) is 0 Å². The van der Waals surface area contributed by atoms with Gasteiger partial charge in [0.15, 0.2) is 0 Å². The fourth-order valence-corrected chi connectivity index (χ4v) is 8.51. The van der Waals surface area contributed by atoms with E-state index in [4.69, 9.17) is 0 Å². The van der Waals surface area contributed by atoms with E-state index in [9.17, 15) is 24.3 Å². The van der Waals surface area contributed by atoms with Crippen molar-refractivity contribution in [1.82, 2.24) is 0 Å². The van der Waals surface area contributed by atoms with Gasteiger partial charge in [0.25, 0.3) is 0 Å². The summed E-state index contributed by atoms with van der Waals surface area (Å²) in [5.74, 6) is -0.615. The average Bonchev–Trinajstić information content (AvgIpc) is 3.02. The second-order valence-corrected chi connectivity index (χ2v) is 11.3. The summed E-state index contributed by atoms with van der Waals surface area (Å²) in [4.78, 5) is 52.0. The van der Waals surface area contributed by atoms with Crippen molar-refractivity contribution >= 4 is 23.3 Å². The molecule has 4 saturated carbocycles. The zero-order valence-electron chi connectivity index (χ0n) is 18.8. The number of rotatable bonds is 4. The van der Waals surface area contributed by atoms with Crippen LogP contribution in [0.25, 0.3) is 0 Å². The third kappa shape index (κ3) is 2.59. The van der Waals surface area contributed by atoms with Crippen molar-refractivity contribution in [2.24, 2.45) is 45.8 Å². The summed E-state index contributed by atoms with van der Waals surface area (Å²) in [5, 5.41) is 10.2. The molecule has 4 rings (SSSR count). The largest absolute Gasteiger partial charge is 0.481 e. The fraction of sp³-hybridized carbons (Fsp3) is 0.840. The third-order valence-corrected chi connectivity index (χ3v) is 10.2. The van der Waals surface area contributed by atoms with E-state index in [-0.39, 0.29) is 47.9 Å². The van der Waals surface area contributed by atoms with Crippen molar-refractivity contribution in [2.75, 3.05) is 0 Å². The van der Waals surface area contributed by atoms with Crippen molar-refractivity contribution in [3.05, 3.63) is 0 Å². The lowest BCUT2D eigenvalue weighted by molar-refractivity contribution is -0.195. The molecule has 0 aromatic carbocycles. The Bertz CT molecular complexity index is 801. The first kappa shape index (κ1) is 21.7. The van der Waals surface area contributed by atoms with Gasteiger partial charge in [-0.1, -0.05) is 40.5 Å². The lowest BCUT2D eigenvalue weighted by Crippen LogP contribution is -2.65. The first-order valence-corrected chi connectivity index (χ1v) is 11.8. The van der Waals surface area contributed by atoms with E-state index < -0.39 is 22.2 Å². The Morgan fingerprint density at radius 2 is 1.83 bits per heavy atom. The Labute approximate surface area is 179 Å². The summed E-state index contributed by atoms with van der Waals surface area (Å²) in [6.07, 6.45) is 5.02. The first-order chi connectivity index (χ1) is 14.0. The topological polar surface area (TPSA) is 88.5 Å². The Hall–Kier alpha value is -1.52. The lowest BCUT2D eigenvalue weighted by Gasteiger charge is -2.62. The molecule has 0 heterocycles. The van der Waals surface area contributed by atoms with Crippen LogP contribution in [0.5, 0.6) is 0 Å². The van der Waals surface area contributed by atoms with E-state index in [0.29, 0.717) is 31.1 Å². The maximum Gasteiger partial charge on any atom is 0.311 e. The van der Waals surface area contributed by atoms with E-state index in [1.54, 1.807) is 0 Å². The van der Waals surface area contributed by atoms with Crippen molar-refractivity contribution in [2.45, 2.75) is 85.5 Å². The summed E-state index contributed by atoms with van der Waals surface area (Å²) in [6.45, 7) is 8.47. The predicted molar refractivity (Wildman–Crippen MR) is 112 cm³/mol. The van der Waals surface area contributed by atoms with Crippen LogP contribution in [-0.2, 0) is 19.2 Å². The van der Waals surface area contributed by atoms with Gasteiger partial charge >= 0.3 is 5.97 Å². The number of carboxylic acids is 1. The Morgan fingerprint density at radius 3 is 2.47 bits per heavy atom. The Balaban J connectivity index is 1.77. The number of fused-ring (bicyclic) bond motifs is 5. The quantitative estimate of drug-likeness (QED) is 0.731.